The number of anilines is 2. The Bertz CT molecular complexity index is 945. The number of thiocarbonyl (C=S) groups is 1. The Labute approximate surface area is 196 Å². The number of ether oxygens (including phenoxy) is 1. The summed E-state index contributed by atoms with van der Waals surface area (Å²) in [5.74, 6) is 0.121. The van der Waals surface area contributed by atoms with Crippen LogP contribution in [0.5, 0.6) is 0 Å². The van der Waals surface area contributed by atoms with Gasteiger partial charge in [0.2, 0.25) is 5.95 Å². The number of nitrogens with one attached hydrogen (secondary N) is 2. The van der Waals surface area contributed by atoms with Crippen LogP contribution < -0.4 is 15.5 Å². The van der Waals surface area contributed by atoms with Crippen LogP contribution in [0, 0.1) is 0 Å². The monoisotopic (exact) mass is 479 g/mol. The van der Waals surface area contributed by atoms with E-state index in [1.165, 1.54) is 5.56 Å². The Morgan fingerprint density at radius 2 is 1.76 bits per heavy atom. The molecule has 6 nitrogen and oxygen atoms in total. The molecule has 3 heterocycles. The molecule has 33 heavy (non-hydrogen) atoms. The van der Waals surface area contributed by atoms with Crippen LogP contribution >= 0.6 is 12.2 Å². The topological polar surface area (TPSA) is 62.3 Å². The Hall–Kier alpha value is -2.46. The third-order valence-corrected chi connectivity index (χ3v) is 6.58. The molecule has 1 aromatic carbocycles. The van der Waals surface area contributed by atoms with Gasteiger partial charge in [0, 0.05) is 44.3 Å². The highest BCUT2D eigenvalue weighted by atomic mass is 32.1. The van der Waals surface area contributed by atoms with Crippen molar-refractivity contribution in [1.29, 1.82) is 0 Å². The number of rotatable bonds is 5. The minimum Gasteiger partial charge on any atom is -0.381 e. The summed E-state index contributed by atoms with van der Waals surface area (Å²) in [5.41, 5.74) is 0.0404. The SMILES string of the molecule is FC(F)(F)c1cc(N2CCCCC2)nc(NC(=S)NCC2(c3ccccc3)CCOCC2)n1. The molecule has 2 aliphatic heterocycles. The van der Waals surface area contributed by atoms with E-state index in [0.29, 0.717) is 32.8 Å². The van der Waals surface area contributed by atoms with Crippen LogP contribution in [0.3, 0.4) is 0 Å². The van der Waals surface area contributed by atoms with Crippen molar-refractivity contribution in [2.75, 3.05) is 43.1 Å². The molecule has 0 unspecified atom stereocenters. The molecule has 0 amide bonds. The van der Waals surface area contributed by atoms with Crippen molar-refractivity contribution < 1.29 is 17.9 Å². The summed E-state index contributed by atoms with van der Waals surface area (Å²) in [7, 11) is 0. The van der Waals surface area contributed by atoms with Gasteiger partial charge in [0.1, 0.15) is 5.82 Å². The van der Waals surface area contributed by atoms with Gasteiger partial charge in [0.15, 0.2) is 10.8 Å². The van der Waals surface area contributed by atoms with Gasteiger partial charge in [-0.2, -0.15) is 18.2 Å². The Morgan fingerprint density at radius 1 is 1.06 bits per heavy atom. The van der Waals surface area contributed by atoms with Gasteiger partial charge in [-0.3, -0.25) is 0 Å². The van der Waals surface area contributed by atoms with Gasteiger partial charge in [-0.25, -0.2) is 4.98 Å². The predicted molar refractivity (Wildman–Crippen MR) is 125 cm³/mol. The fraction of sp³-hybridized carbons (Fsp3) is 0.522. The van der Waals surface area contributed by atoms with E-state index in [4.69, 9.17) is 17.0 Å². The Morgan fingerprint density at radius 3 is 2.42 bits per heavy atom. The van der Waals surface area contributed by atoms with Crippen LogP contribution in [0.4, 0.5) is 24.9 Å². The van der Waals surface area contributed by atoms with Crippen LogP contribution in [-0.2, 0) is 16.3 Å². The molecule has 10 heteroatoms. The molecule has 0 saturated carbocycles. The lowest BCUT2D eigenvalue weighted by Gasteiger charge is -2.38. The van der Waals surface area contributed by atoms with Gasteiger partial charge in [-0.05, 0) is 49.9 Å². The van der Waals surface area contributed by atoms with Crippen molar-refractivity contribution in [3.05, 3.63) is 47.7 Å². The van der Waals surface area contributed by atoms with Crippen molar-refractivity contribution in [2.24, 2.45) is 0 Å². The van der Waals surface area contributed by atoms with Gasteiger partial charge >= 0.3 is 6.18 Å². The quantitative estimate of drug-likeness (QED) is 0.612. The molecule has 0 spiro atoms. The van der Waals surface area contributed by atoms with Crippen molar-refractivity contribution in [1.82, 2.24) is 15.3 Å². The van der Waals surface area contributed by atoms with Crippen LogP contribution in [0.15, 0.2) is 36.4 Å². The fourth-order valence-corrected chi connectivity index (χ4v) is 4.60. The number of aromatic nitrogens is 2. The number of alkyl halides is 3. The van der Waals surface area contributed by atoms with Crippen molar-refractivity contribution >= 4 is 29.1 Å². The van der Waals surface area contributed by atoms with E-state index in [9.17, 15) is 13.2 Å². The predicted octanol–water partition coefficient (Wildman–Crippen LogP) is 4.52. The van der Waals surface area contributed by atoms with E-state index in [1.807, 2.05) is 23.1 Å². The maximum atomic E-state index is 13.5. The first-order chi connectivity index (χ1) is 15.9. The molecule has 4 rings (SSSR count). The Kier molecular flexibility index (Phi) is 7.33. The average Bonchev–Trinajstić information content (AvgIpc) is 2.84. The molecular formula is C23H28F3N5OS. The molecule has 2 aromatic rings. The Balaban J connectivity index is 1.49. The number of piperidine rings is 1. The highest BCUT2D eigenvalue weighted by molar-refractivity contribution is 7.80. The number of nitrogens with zero attached hydrogens (tertiary/aromatic N) is 3. The number of hydrogen-bond donors (Lipinski definition) is 2. The summed E-state index contributed by atoms with van der Waals surface area (Å²) < 4.78 is 46.0. The summed E-state index contributed by atoms with van der Waals surface area (Å²) in [4.78, 5) is 9.89. The maximum absolute atomic E-state index is 13.5. The lowest BCUT2D eigenvalue weighted by Crippen LogP contribution is -2.45. The largest absolute Gasteiger partial charge is 0.433 e. The normalized spacial score (nSPS) is 18.6. The molecule has 2 N–H and O–H groups in total. The highest BCUT2D eigenvalue weighted by Gasteiger charge is 2.36. The zero-order valence-corrected chi connectivity index (χ0v) is 19.1. The van der Waals surface area contributed by atoms with Crippen LogP contribution in [0.1, 0.15) is 43.4 Å². The zero-order chi connectivity index (χ0) is 23.3. The van der Waals surface area contributed by atoms with E-state index >= 15 is 0 Å². The fourth-order valence-electron chi connectivity index (χ4n) is 4.44. The highest BCUT2D eigenvalue weighted by Crippen LogP contribution is 2.34. The second-order valence-corrected chi connectivity index (χ2v) is 8.96. The molecule has 1 aromatic heterocycles. The summed E-state index contributed by atoms with van der Waals surface area (Å²) in [5, 5.41) is 6.16. The average molecular weight is 480 g/mol. The standard InChI is InChI=1S/C23H28F3N5OS/c24-23(25,26)18-15-19(31-11-5-2-6-12-31)29-20(28-18)30-21(33)27-16-22(9-13-32-14-10-22)17-7-3-1-4-8-17/h1,3-4,7-8,15H,2,5-6,9-14,16H2,(H2,27,28,29,30,33). The number of hydrogen-bond acceptors (Lipinski definition) is 5. The minimum atomic E-state index is -4.57. The summed E-state index contributed by atoms with van der Waals surface area (Å²) in [6.07, 6.45) is 0.00969. The van der Waals surface area contributed by atoms with Crippen LogP contribution in [0.25, 0.3) is 0 Å². The first-order valence-electron chi connectivity index (χ1n) is 11.3. The van der Waals surface area contributed by atoms with Gasteiger partial charge in [-0.15, -0.1) is 0 Å². The maximum Gasteiger partial charge on any atom is 0.433 e. The molecule has 0 bridgehead atoms. The first kappa shape index (κ1) is 23.7. The summed E-state index contributed by atoms with van der Waals surface area (Å²) in [6.45, 7) is 3.18. The second kappa shape index (κ2) is 10.2. The molecule has 0 aliphatic carbocycles. The van der Waals surface area contributed by atoms with Crippen LogP contribution in [-0.4, -0.2) is 47.9 Å². The van der Waals surface area contributed by atoms with Gasteiger partial charge in [0.05, 0.1) is 0 Å². The van der Waals surface area contributed by atoms with E-state index in [0.717, 1.165) is 38.2 Å². The van der Waals surface area contributed by atoms with Crippen LogP contribution in [0.2, 0.25) is 0 Å². The summed E-state index contributed by atoms with van der Waals surface area (Å²) in [6, 6.07) is 11.2. The van der Waals surface area contributed by atoms with Crippen molar-refractivity contribution in [2.45, 2.75) is 43.7 Å². The third kappa shape index (κ3) is 5.92. The minimum absolute atomic E-state index is 0.149. The number of benzene rings is 1. The molecule has 2 aliphatic rings. The molecule has 0 radical (unpaired) electrons. The van der Waals surface area contributed by atoms with Crippen molar-refractivity contribution in [3.63, 3.8) is 0 Å². The van der Waals surface area contributed by atoms with Gasteiger partial charge in [0.25, 0.3) is 0 Å². The van der Waals surface area contributed by atoms with E-state index in [2.05, 4.69) is 32.7 Å². The van der Waals surface area contributed by atoms with Gasteiger partial charge < -0.3 is 20.3 Å². The van der Waals surface area contributed by atoms with E-state index in [1.54, 1.807) is 0 Å². The smallest absolute Gasteiger partial charge is 0.381 e. The lowest BCUT2D eigenvalue weighted by molar-refractivity contribution is -0.141. The third-order valence-electron chi connectivity index (χ3n) is 6.33. The number of halogens is 3. The van der Waals surface area contributed by atoms with Crippen molar-refractivity contribution in [3.8, 4) is 0 Å². The summed E-state index contributed by atoms with van der Waals surface area (Å²) >= 11 is 5.41. The molecule has 2 fully saturated rings. The van der Waals surface area contributed by atoms with E-state index < -0.39 is 11.9 Å². The first-order valence-corrected chi connectivity index (χ1v) is 11.7. The van der Waals surface area contributed by atoms with E-state index in [-0.39, 0.29) is 22.3 Å². The molecule has 2 saturated heterocycles. The molecular weight excluding hydrogens is 451 g/mol. The zero-order valence-electron chi connectivity index (χ0n) is 18.3. The van der Waals surface area contributed by atoms with Gasteiger partial charge in [-0.1, -0.05) is 30.3 Å². The molecule has 178 valence electrons. The second-order valence-electron chi connectivity index (χ2n) is 8.55. The lowest BCUT2D eigenvalue weighted by atomic mass is 9.74. The molecule has 0 atom stereocenters.